The summed E-state index contributed by atoms with van der Waals surface area (Å²) in [5.74, 6) is -0.598. The maximum absolute atomic E-state index is 10.8. The molecule has 1 atom stereocenters. The topological polar surface area (TPSA) is 40.5 Å². The molecule has 1 N–H and O–H groups in total. The highest BCUT2D eigenvalue weighted by Gasteiger charge is 2.58. The molecule has 80 valence electrons. The molecule has 0 heterocycles. The Labute approximate surface area is 85.1 Å². The van der Waals surface area contributed by atoms with E-state index in [9.17, 15) is 4.79 Å². The van der Waals surface area contributed by atoms with Crippen molar-refractivity contribution in [2.45, 2.75) is 38.1 Å². The third-order valence-corrected chi connectivity index (χ3v) is 4.17. The van der Waals surface area contributed by atoms with Crippen molar-refractivity contribution >= 4 is 5.97 Å². The summed E-state index contributed by atoms with van der Waals surface area (Å²) in [4.78, 5) is 13.1. The van der Waals surface area contributed by atoms with Gasteiger partial charge in [0.05, 0.1) is 5.92 Å². The summed E-state index contributed by atoms with van der Waals surface area (Å²) in [6, 6.07) is 0.677. The molecular formula is C11H19NO2. The zero-order valence-electron chi connectivity index (χ0n) is 8.99. The number of rotatable bonds is 2. The van der Waals surface area contributed by atoms with Crippen LogP contribution < -0.4 is 0 Å². The Morgan fingerprint density at radius 2 is 1.93 bits per heavy atom. The Morgan fingerprint density at radius 1 is 1.36 bits per heavy atom. The minimum atomic E-state index is -0.576. The van der Waals surface area contributed by atoms with Gasteiger partial charge in [0, 0.05) is 6.04 Å². The van der Waals surface area contributed by atoms with E-state index >= 15 is 0 Å². The highest BCUT2D eigenvalue weighted by Crippen LogP contribution is 2.61. The molecule has 0 aromatic rings. The van der Waals surface area contributed by atoms with Gasteiger partial charge in [-0.25, -0.2) is 0 Å². The largest absolute Gasteiger partial charge is 0.481 e. The Balaban J connectivity index is 1.89. The minimum Gasteiger partial charge on any atom is -0.481 e. The van der Waals surface area contributed by atoms with Gasteiger partial charge in [-0.1, -0.05) is 0 Å². The zero-order chi connectivity index (χ0) is 10.3. The molecule has 2 fully saturated rings. The average Bonchev–Trinajstić information content (AvgIpc) is 2.80. The Kier molecular flexibility index (Phi) is 2.30. The standard InChI is InChI=1S/C11H19NO2/c1-12(2)8-3-5-11(6-4-8)7-9(11)10(13)14/h8-9H,3-7H2,1-2H3,(H,13,14). The molecular weight excluding hydrogens is 178 g/mol. The van der Waals surface area contributed by atoms with Crippen LogP contribution in [0.3, 0.4) is 0 Å². The van der Waals surface area contributed by atoms with Crippen molar-refractivity contribution < 1.29 is 9.90 Å². The van der Waals surface area contributed by atoms with E-state index in [1.54, 1.807) is 0 Å². The molecule has 0 aromatic carbocycles. The van der Waals surface area contributed by atoms with Crippen LogP contribution in [0.25, 0.3) is 0 Å². The summed E-state index contributed by atoms with van der Waals surface area (Å²) in [6.45, 7) is 0. The van der Waals surface area contributed by atoms with Crippen molar-refractivity contribution in [1.29, 1.82) is 0 Å². The van der Waals surface area contributed by atoms with E-state index < -0.39 is 5.97 Å². The first-order valence-electron chi connectivity index (χ1n) is 5.44. The van der Waals surface area contributed by atoms with Gasteiger partial charge in [0.1, 0.15) is 0 Å². The Morgan fingerprint density at radius 3 is 2.29 bits per heavy atom. The first-order valence-corrected chi connectivity index (χ1v) is 5.44. The van der Waals surface area contributed by atoms with E-state index in [0.29, 0.717) is 6.04 Å². The molecule has 2 saturated carbocycles. The van der Waals surface area contributed by atoms with Crippen molar-refractivity contribution in [3.05, 3.63) is 0 Å². The van der Waals surface area contributed by atoms with Gasteiger partial charge in [0.15, 0.2) is 0 Å². The molecule has 0 aromatic heterocycles. The molecule has 1 spiro atoms. The van der Waals surface area contributed by atoms with Crippen LogP contribution in [0, 0.1) is 11.3 Å². The second-order valence-corrected chi connectivity index (χ2v) is 5.15. The molecule has 2 aliphatic carbocycles. The Hall–Kier alpha value is -0.570. The average molecular weight is 197 g/mol. The van der Waals surface area contributed by atoms with Gasteiger partial charge in [0.25, 0.3) is 0 Å². The second-order valence-electron chi connectivity index (χ2n) is 5.15. The van der Waals surface area contributed by atoms with Crippen molar-refractivity contribution in [2.75, 3.05) is 14.1 Å². The summed E-state index contributed by atoms with van der Waals surface area (Å²) in [5.41, 5.74) is 0.207. The van der Waals surface area contributed by atoms with Crippen molar-refractivity contribution in [2.24, 2.45) is 11.3 Å². The van der Waals surface area contributed by atoms with Crippen LogP contribution in [0.4, 0.5) is 0 Å². The Bertz CT molecular complexity index is 242. The molecule has 14 heavy (non-hydrogen) atoms. The summed E-state index contributed by atoms with van der Waals surface area (Å²) >= 11 is 0. The number of carboxylic acid groups (broad SMARTS) is 1. The highest BCUT2D eigenvalue weighted by molar-refractivity contribution is 5.74. The second kappa shape index (κ2) is 3.23. The van der Waals surface area contributed by atoms with Crippen LogP contribution in [0.2, 0.25) is 0 Å². The highest BCUT2D eigenvalue weighted by atomic mass is 16.4. The third-order valence-electron chi connectivity index (χ3n) is 4.17. The molecule has 0 aliphatic heterocycles. The molecule has 3 nitrogen and oxygen atoms in total. The van der Waals surface area contributed by atoms with E-state index in [2.05, 4.69) is 19.0 Å². The van der Waals surface area contributed by atoms with Crippen molar-refractivity contribution in [1.82, 2.24) is 4.90 Å². The summed E-state index contributed by atoms with van der Waals surface area (Å²) in [7, 11) is 4.23. The normalized spacial score (nSPS) is 41.6. The fourth-order valence-corrected chi connectivity index (χ4v) is 2.94. The summed E-state index contributed by atoms with van der Waals surface area (Å²) in [6.07, 6.45) is 5.52. The quantitative estimate of drug-likeness (QED) is 0.730. The van der Waals surface area contributed by atoms with Gasteiger partial charge in [-0.15, -0.1) is 0 Å². The lowest BCUT2D eigenvalue weighted by atomic mass is 9.81. The minimum absolute atomic E-state index is 0.0226. The first kappa shape index (κ1) is 9.97. The van der Waals surface area contributed by atoms with Crippen LogP contribution in [0.15, 0.2) is 0 Å². The fourth-order valence-electron chi connectivity index (χ4n) is 2.94. The molecule has 2 aliphatic rings. The molecule has 0 amide bonds. The first-order chi connectivity index (χ1) is 6.55. The lowest BCUT2D eigenvalue weighted by molar-refractivity contribution is -0.139. The monoisotopic (exact) mass is 197 g/mol. The number of carboxylic acids is 1. The predicted octanol–water partition coefficient (Wildman–Crippen LogP) is 1.58. The van der Waals surface area contributed by atoms with Gasteiger partial charge in [-0.3, -0.25) is 4.79 Å². The lowest BCUT2D eigenvalue weighted by Crippen LogP contribution is -2.33. The SMILES string of the molecule is CN(C)C1CCC2(CC1)CC2C(=O)O. The summed E-state index contributed by atoms with van der Waals surface area (Å²) < 4.78 is 0. The number of aliphatic carboxylic acids is 1. The number of carbonyl (C=O) groups is 1. The van der Waals surface area contributed by atoms with Gasteiger partial charge in [-0.05, 0) is 51.6 Å². The van der Waals surface area contributed by atoms with Crippen LogP contribution >= 0.6 is 0 Å². The van der Waals surface area contributed by atoms with E-state index in [4.69, 9.17) is 5.11 Å². The van der Waals surface area contributed by atoms with E-state index in [1.807, 2.05) is 0 Å². The van der Waals surface area contributed by atoms with Crippen LogP contribution in [-0.4, -0.2) is 36.1 Å². The number of nitrogens with zero attached hydrogens (tertiary/aromatic N) is 1. The van der Waals surface area contributed by atoms with Crippen molar-refractivity contribution in [3.63, 3.8) is 0 Å². The third kappa shape index (κ3) is 1.54. The van der Waals surface area contributed by atoms with Gasteiger partial charge >= 0.3 is 5.97 Å². The van der Waals surface area contributed by atoms with Crippen molar-refractivity contribution in [3.8, 4) is 0 Å². The van der Waals surface area contributed by atoms with Crippen LogP contribution in [0.5, 0.6) is 0 Å². The molecule has 0 bridgehead atoms. The maximum atomic E-state index is 10.8. The number of hydrogen-bond donors (Lipinski definition) is 1. The predicted molar refractivity (Wildman–Crippen MR) is 54.1 cm³/mol. The van der Waals surface area contributed by atoms with Gasteiger partial charge in [-0.2, -0.15) is 0 Å². The van der Waals surface area contributed by atoms with Crippen LogP contribution in [-0.2, 0) is 4.79 Å². The maximum Gasteiger partial charge on any atom is 0.307 e. The van der Waals surface area contributed by atoms with Gasteiger partial charge in [0.2, 0.25) is 0 Å². The lowest BCUT2D eigenvalue weighted by Gasteiger charge is -2.33. The molecule has 0 saturated heterocycles. The molecule has 1 unspecified atom stereocenters. The zero-order valence-corrected chi connectivity index (χ0v) is 8.99. The molecule has 2 rings (SSSR count). The van der Waals surface area contributed by atoms with Gasteiger partial charge < -0.3 is 10.0 Å². The molecule has 0 radical (unpaired) electrons. The summed E-state index contributed by atoms with van der Waals surface area (Å²) in [5, 5.41) is 8.94. The van der Waals surface area contributed by atoms with E-state index in [-0.39, 0.29) is 11.3 Å². The number of hydrogen-bond acceptors (Lipinski definition) is 2. The van der Waals surface area contributed by atoms with E-state index in [0.717, 1.165) is 19.3 Å². The smallest absolute Gasteiger partial charge is 0.307 e. The molecule has 3 heteroatoms. The van der Waals surface area contributed by atoms with E-state index in [1.165, 1.54) is 12.8 Å². The fraction of sp³-hybridized carbons (Fsp3) is 0.909. The van der Waals surface area contributed by atoms with Crippen LogP contribution in [0.1, 0.15) is 32.1 Å².